The van der Waals surface area contributed by atoms with Gasteiger partial charge in [0.05, 0.1) is 5.75 Å². The minimum Gasteiger partial charge on any atom is -0.315 e. The number of rotatable bonds is 4. The lowest BCUT2D eigenvalue weighted by atomic mass is 10.0. The Labute approximate surface area is 79.1 Å². The van der Waals surface area contributed by atoms with Gasteiger partial charge in [-0.1, -0.05) is 0 Å². The minimum absolute atomic E-state index is 0.00257. The first kappa shape index (κ1) is 10.9. The van der Waals surface area contributed by atoms with Crippen LogP contribution in [0.2, 0.25) is 0 Å². The van der Waals surface area contributed by atoms with E-state index in [4.69, 9.17) is 5.14 Å². The third-order valence-corrected chi connectivity index (χ3v) is 3.08. The highest BCUT2D eigenvalue weighted by Gasteiger charge is 2.27. The van der Waals surface area contributed by atoms with Crippen molar-refractivity contribution >= 4 is 10.0 Å². The molecule has 0 spiro atoms. The SMILES string of the molecule is CC1(NCCS(N)(=O)=O)CCNC1. The van der Waals surface area contributed by atoms with E-state index in [-0.39, 0.29) is 11.3 Å². The second kappa shape index (κ2) is 3.91. The van der Waals surface area contributed by atoms with E-state index in [1.807, 2.05) is 0 Å². The molecule has 0 aromatic rings. The van der Waals surface area contributed by atoms with Crippen LogP contribution in [-0.4, -0.2) is 39.3 Å². The molecular formula is C7H17N3O2S. The zero-order valence-electron chi connectivity index (χ0n) is 7.84. The minimum atomic E-state index is -3.33. The summed E-state index contributed by atoms with van der Waals surface area (Å²) < 4.78 is 21.3. The van der Waals surface area contributed by atoms with Gasteiger partial charge in [-0.3, -0.25) is 0 Å². The van der Waals surface area contributed by atoms with Crippen LogP contribution in [0.15, 0.2) is 0 Å². The summed E-state index contributed by atoms with van der Waals surface area (Å²) in [4.78, 5) is 0. The fraction of sp³-hybridized carbons (Fsp3) is 1.00. The largest absolute Gasteiger partial charge is 0.315 e. The summed E-state index contributed by atoms with van der Waals surface area (Å²) in [6, 6.07) is 0. The van der Waals surface area contributed by atoms with Gasteiger partial charge in [0.15, 0.2) is 0 Å². The highest BCUT2D eigenvalue weighted by Crippen LogP contribution is 2.12. The molecule has 1 unspecified atom stereocenters. The quantitative estimate of drug-likeness (QED) is 0.530. The lowest BCUT2D eigenvalue weighted by Crippen LogP contribution is -2.46. The number of nitrogens with one attached hydrogen (secondary N) is 2. The average Bonchev–Trinajstić information content (AvgIpc) is 2.33. The maximum Gasteiger partial charge on any atom is 0.210 e. The second-order valence-electron chi connectivity index (χ2n) is 3.78. The van der Waals surface area contributed by atoms with E-state index in [0.29, 0.717) is 6.54 Å². The molecule has 1 atom stereocenters. The molecule has 0 saturated carbocycles. The van der Waals surface area contributed by atoms with Gasteiger partial charge in [-0.25, -0.2) is 13.6 Å². The van der Waals surface area contributed by atoms with Crippen LogP contribution in [-0.2, 0) is 10.0 Å². The van der Waals surface area contributed by atoms with E-state index >= 15 is 0 Å². The smallest absolute Gasteiger partial charge is 0.210 e. The molecule has 4 N–H and O–H groups in total. The van der Waals surface area contributed by atoms with Crippen molar-refractivity contribution in [2.75, 3.05) is 25.4 Å². The van der Waals surface area contributed by atoms with Crippen LogP contribution < -0.4 is 15.8 Å². The second-order valence-corrected chi connectivity index (χ2v) is 5.52. The highest BCUT2D eigenvalue weighted by atomic mass is 32.2. The summed E-state index contributed by atoms with van der Waals surface area (Å²) in [5, 5.41) is 11.3. The third kappa shape index (κ3) is 4.04. The third-order valence-electron chi connectivity index (χ3n) is 2.31. The molecule has 1 aliphatic rings. The number of sulfonamides is 1. The van der Waals surface area contributed by atoms with Crippen LogP contribution in [0, 0.1) is 0 Å². The first-order valence-corrected chi connectivity index (χ1v) is 6.09. The Kier molecular flexibility index (Phi) is 3.28. The fourth-order valence-electron chi connectivity index (χ4n) is 1.46. The van der Waals surface area contributed by atoms with Crippen molar-refractivity contribution in [2.45, 2.75) is 18.9 Å². The monoisotopic (exact) mass is 207 g/mol. The van der Waals surface area contributed by atoms with Gasteiger partial charge in [-0.2, -0.15) is 0 Å². The van der Waals surface area contributed by atoms with Crippen LogP contribution in [0.25, 0.3) is 0 Å². The Balaban J connectivity index is 2.26. The van der Waals surface area contributed by atoms with Gasteiger partial charge in [-0.15, -0.1) is 0 Å². The van der Waals surface area contributed by atoms with E-state index < -0.39 is 10.0 Å². The molecule has 5 nitrogen and oxygen atoms in total. The fourth-order valence-corrected chi connectivity index (χ4v) is 1.85. The Hall–Kier alpha value is -0.170. The summed E-state index contributed by atoms with van der Waals surface area (Å²) >= 11 is 0. The first-order chi connectivity index (χ1) is 5.91. The number of hydrogen-bond donors (Lipinski definition) is 3. The van der Waals surface area contributed by atoms with E-state index in [2.05, 4.69) is 17.6 Å². The lowest BCUT2D eigenvalue weighted by molar-refractivity contribution is 0.398. The zero-order valence-corrected chi connectivity index (χ0v) is 8.65. The van der Waals surface area contributed by atoms with E-state index in [1.165, 1.54) is 0 Å². The Morgan fingerprint density at radius 1 is 1.62 bits per heavy atom. The Morgan fingerprint density at radius 2 is 2.31 bits per heavy atom. The molecule has 0 aromatic heterocycles. The predicted molar refractivity (Wildman–Crippen MR) is 51.9 cm³/mol. The van der Waals surface area contributed by atoms with Gasteiger partial charge in [-0.05, 0) is 19.9 Å². The topological polar surface area (TPSA) is 84.2 Å². The van der Waals surface area contributed by atoms with Crippen molar-refractivity contribution in [2.24, 2.45) is 5.14 Å². The predicted octanol–water partition coefficient (Wildman–Crippen LogP) is -1.38. The number of nitrogens with two attached hydrogens (primary N) is 1. The molecular weight excluding hydrogens is 190 g/mol. The van der Waals surface area contributed by atoms with Crippen molar-refractivity contribution in [1.29, 1.82) is 0 Å². The molecule has 1 saturated heterocycles. The van der Waals surface area contributed by atoms with Crippen molar-refractivity contribution in [3.63, 3.8) is 0 Å². The molecule has 0 aliphatic carbocycles. The molecule has 6 heteroatoms. The van der Waals surface area contributed by atoms with Gasteiger partial charge in [0.2, 0.25) is 10.0 Å². The van der Waals surface area contributed by atoms with Crippen LogP contribution in [0.1, 0.15) is 13.3 Å². The van der Waals surface area contributed by atoms with Gasteiger partial charge >= 0.3 is 0 Å². The van der Waals surface area contributed by atoms with Crippen molar-refractivity contribution in [3.8, 4) is 0 Å². The molecule has 0 bridgehead atoms. The summed E-state index contributed by atoms with van der Waals surface area (Å²) in [6.45, 7) is 4.38. The Morgan fingerprint density at radius 3 is 2.77 bits per heavy atom. The highest BCUT2D eigenvalue weighted by molar-refractivity contribution is 7.89. The average molecular weight is 207 g/mol. The van der Waals surface area contributed by atoms with Crippen LogP contribution in [0.3, 0.4) is 0 Å². The van der Waals surface area contributed by atoms with Gasteiger partial charge < -0.3 is 10.6 Å². The summed E-state index contributed by atoms with van der Waals surface area (Å²) in [5.41, 5.74) is 0.0324. The van der Waals surface area contributed by atoms with Gasteiger partial charge in [0.25, 0.3) is 0 Å². The molecule has 0 radical (unpaired) electrons. The summed E-state index contributed by atoms with van der Waals surface area (Å²) in [7, 11) is -3.33. The Bertz CT molecular complexity index is 257. The van der Waals surface area contributed by atoms with E-state index in [1.54, 1.807) is 0 Å². The molecule has 13 heavy (non-hydrogen) atoms. The molecule has 0 aromatic carbocycles. The number of hydrogen-bond acceptors (Lipinski definition) is 4. The molecule has 1 rings (SSSR count). The number of primary sulfonamides is 1. The van der Waals surface area contributed by atoms with Crippen LogP contribution >= 0.6 is 0 Å². The summed E-state index contributed by atoms with van der Waals surface area (Å²) in [5.74, 6) is 0.00257. The summed E-state index contributed by atoms with van der Waals surface area (Å²) in [6.07, 6.45) is 1.03. The van der Waals surface area contributed by atoms with Gasteiger partial charge in [0.1, 0.15) is 0 Å². The molecule has 78 valence electrons. The van der Waals surface area contributed by atoms with Crippen LogP contribution in [0.4, 0.5) is 0 Å². The molecule has 1 heterocycles. The van der Waals surface area contributed by atoms with Crippen molar-refractivity contribution in [1.82, 2.24) is 10.6 Å². The molecule has 1 aliphatic heterocycles. The standard InChI is InChI=1S/C7H17N3O2S/c1-7(2-3-9-6-7)10-4-5-13(8,11)12/h9-10H,2-6H2,1H3,(H2,8,11,12). The molecule has 1 fully saturated rings. The van der Waals surface area contributed by atoms with Crippen LogP contribution in [0.5, 0.6) is 0 Å². The zero-order chi connectivity index (χ0) is 9.95. The lowest BCUT2D eigenvalue weighted by Gasteiger charge is -2.24. The van der Waals surface area contributed by atoms with Crippen molar-refractivity contribution in [3.05, 3.63) is 0 Å². The normalized spacial score (nSPS) is 29.4. The van der Waals surface area contributed by atoms with Gasteiger partial charge in [0, 0.05) is 18.6 Å². The van der Waals surface area contributed by atoms with E-state index in [9.17, 15) is 8.42 Å². The maximum absolute atomic E-state index is 10.6. The maximum atomic E-state index is 10.6. The van der Waals surface area contributed by atoms with E-state index in [0.717, 1.165) is 19.5 Å². The first-order valence-electron chi connectivity index (χ1n) is 4.38. The van der Waals surface area contributed by atoms with Crippen molar-refractivity contribution < 1.29 is 8.42 Å². The molecule has 0 amide bonds.